The molecule has 7 nitrogen and oxygen atoms in total. The molecule has 7 heteroatoms. The number of amides is 1. The van der Waals surface area contributed by atoms with Crippen molar-refractivity contribution in [3.63, 3.8) is 0 Å². The van der Waals surface area contributed by atoms with Gasteiger partial charge in [-0.15, -0.1) is 0 Å². The second-order valence-corrected chi connectivity index (χ2v) is 7.85. The molecule has 0 unspecified atom stereocenters. The summed E-state index contributed by atoms with van der Waals surface area (Å²) in [7, 11) is 2.10. The third-order valence-corrected chi connectivity index (χ3v) is 5.51. The standard InChI is InChI=1S/C24H27N5O2/c1-27-12-14-28(15-13-27)18-23(31)29(20-7-3-2-4-8-20)21-9-5-6-19(16-21)17-22(30)24-25-10-11-26-24/h2-11,16H,12-15,17-18H2,1H3,(H,25,26). The van der Waals surface area contributed by atoms with Gasteiger partial charge < -0.3 is 9.88 Å². The number of likely N-dealkylation sites (N-methyl/N-ethyl adjacent to an activating group) is 1. The van der Waals surface area contributed by atoms with Crippen LogP contribution in [0, 0.1) is 0 Å². The zero-order chi connectivity index (χ0) is 21.6. The van der Waals surface area contributed by atoms with Crippen molar-refractivity contribution in [3.05, 3.63) is 78.4 Å². The van der Waals surface area contributed by atoms with E-state index in [1.807, 2.05) is 54.6 Å². The van der Waals surface area contributed by atoms with E-state index in [1.165, 1.54) is 0 Å². The Balaban J connectivity index is 1.57. The van der Waals surface area contributed by atoms with Gasteiger partial charge in [-0.05, 0) is 36.9 Å². The molecule has 1 aliphatic heterocycles. The Bertz CT molecular complexity index is 1010. The Morgan fingerprint density at radius 2 is 1.74 bits per heavy atom. The molecule has 1 saturated heterocycles. The van der Waals surface area contributed by atoms with E-state index in [0.717, 1.165) is 43.1 Å². The number of anilines is 2. The van der Waals surface area contributed by atoms with E-state index in [2.05, 4.69) is 26.8 Å². The van der Waals surface area contributed by atoms with Crippen LogP contribution >= 0.6 is 0 Å². The van der Waals surface area contributed by atoms with Crippen LogP contribution in [0.1, 0.15) is 16.2 Å². The highest BCUT2D eigenvalue weighted by Crippen LogP contribution is 2.27. The topological polar surface area (TPSA) is 72.5 Å². The lowest BCUT2D eigenvalue weighted by Gasteiger charge is -2.33. The first-order valence-corrected chi connectivity index (χ1v) is 10.5. The maximum atomic E-state index is 13.4. The average Bonchev–Trinajstić information content (AvgIpc) is 3.32. The number of nitrogens with zero attached hydrogens (tertiary/aromatic N) is 4. The Labute approximate surface area is 182 Å². The van der Waals surface area contributed by atoms with Gasteiger partial charge in [-0.1, -0.05) is 30.3 Å². The molecule has 0 bridgehead atoms. The number of carbonyl (C=O) groups excluding carboxylic acids is 2. The number of H-pyrrole nitrogens is 1. The number of para-hydroxylation sites is 1. The van der Waals surface area contributed by atoms with Crippen molar-refractivity contribution in [1.29, 1.82) is 0 Å². The number of hydrogen-bond acceptors (Lipinski definition) is 5. The number of Topliss-reactive ketones (excluding diaryl/α,β-unsaturated/α-hetero) is 1. The number of imidazole rings is 1. The summed E-state index contributed by atoms with van der Waals surface area (Å²) in [5, 5.41) is 0. The largest absolute Gasteiger partial charge is 0.342 e. The van der Waals surface area contributed by atoms with E-state index in [-0.39, 0.29) is 18.1 Å². The number of hydrogen-bond donors (Lipinski definition) is 1. The molecule has 1 aromatic heterocycles. The molecule has 1 amide bonds. The highest BCUT2D eigenvalue weighted by molar-refractivity contribution is 6.02. The monoisotopic (exact) mass is 417 g/mol. The fourth-order valence-electron chi connectivity index (χ4n) is 3.77. The van der Waals surface area contributed by atoms with Gasteiger partial charge in [0.15, 0.2) is 5.82 Å². The quantitative estimate of drug-likeness (QED) is 0.599. The Morgan fingerprint density at radius 3 is 2.45 bits per heavy atom. The summed E-state index contributed by atoms with van der Waals surface area (Å²) < 4.78 is 0. The van der Waals surface area contributed by atoms with Gasteiger partial charge in [-0.3, -0.25) is 19.4 Å². The van der Waals surface area contributed by atoms with Gasteiger partial charge in [0.05, 0.1) is 6.54 Å². The van der Waals surface area contributed by atoms with Crippen LogP contribution in [0.25, 0.3) is 0 Å². The highest BCUT2D eigenvalue weighted by Gasteiger charge is 2.23. The first kappa shape index (κ1) is 21.0. The summed E-state index contributed by atoms with van der Waals surface area (Å²) in [6.45, 7) is 4.04. The second-order valence-electron chi connectivity index (χ2n) is 7.85. The molecule has 1 N–H and O–H groups in total. The maximum absolute atomic E-state index is 13.4. The SMILES string of the molecule is CN1CCN(CC(=O)N(c2ccccc2)c2cccc(CC(=O)c3ncc[nH]3)c2)CC1. The molecule has 0 saturated carbocycles. The lowest BCUT2D eigenvalue weighted by Crippen LogP contribution is -2.48. The number of aromatic nitrogens is 2. The molecule has 1 aliphatic rings. The Morgan fingerprint density at radius 1 is 1.00 bits per heavy atom. The molecule has 160 valence electrons. The zero-order valence-corrected chi connectivity index (χ0v) is 17.7. The van der Waals surface area contributed by atoms with Crippen LogP contribution in [-0.2, 0) is 11.2 Å². The van der Waals surface area contributed by atoms with E-state index in [4.69, 9.17) is 0 Å². The smallest absolute Gasteiger partial charge is 0.245 e. The van der Waals surface area contributed by atoms with Crippen LogP contribution in [0.2, 0.25) is 0 Å². The number of aromatic amines is 1. The lowest BCUT2D eigenvalue weighted by atomic mass is 10.1. The molecule has 0 atom stereocenters. The zero-order valence-electron chi connectivity index (χ0n) is 17.7. The first-order chi connectivity index (χ1) is 15.1. The van der Waals surface area contributed by atoms with E-state index in [0.29, 0.717) is 12.4 Å². The fraction of sp³-hybridized carbons (Fsp3) is 0.292. The molecule has 0 spiro atoms. The predicted molar refractivity (Wildman–Crippen MR) is 121 cm³/mol. The fourth-order valence-corrected chi connectivity index (χ4v) is 3.77. The minimum Gasteiger partial charge on any atom is -0.342 e. The predicted octanol–water partition coefficient (Wildman–Crippen LogP) is 2.75. The molecule has 0 radical (unpaired) electrons. The average molecular weight is 418 g/mol. The van der Waals surface area contributed by atoms with Crippen molar-refractivity contribution < 1.29 is 9.59 Å². The molecule has 31 heavy (non-hydrogen) atoms. The van der Waals surface area contributed by atoms with E-state index in [9.17, 15) is 9.59 Å². The maximum Gasteiger partial charge on any atom is 0.245 e. The third kappa shape index (κ3) is 5.25. The number of rotatable bonds is 7. The van der Waals surface area contributed by atoms with Crippen molar-refractivity contribution in [2.75, 3.05) is 44.7 Å². The van der Waals surface area contributed by atoms with Crippen LogP contribution in [0.5, 0.6) is 0 Å². The molecular formula is C24H27N5O2. The number of benzene rings is 2. The normalized spacial score (nSPS) is 15.0. The number of ketones is 1. The minimum absolute atomic E-state index is 0.0188. The first-order valence-electron chi connectivity index (χ1n) is 10.5. The van der Waals surface area contributed by atoms with Crippen molar-refractivity contribution in [2.45, 2.75) is 6.42 Å². The van der Waals surface area contributed by atoms with Crippen LogP contribution in [0.15, 0.2) is 67.0 Å². The summed E-state index contributed by atoms with van der Waals surface area (Å²) in [6.07, 6.45) is 3.42. The third-order valence-electron chi connectivity index (χ3n) is 5.51. The van der Waals surface area contributed by atoms with Crippen LogP contribution in [0.4, 0.5) is 11.4 Å². The number of piperazine rings is 1. The summed E-state index contributed by atoms with van der Waals surface area (Å²) in [4.78, 5) is 39.0. The molecule has 2 aromatic carbocycles. The lowest BCUT2D eigenvalue weighted by molar-refractivity contribution is -0.119. The van der Waals surface area contributed by atoms with E-state index >= 15 is 0 Å². The molecule has 3 aromatic rings. The second kappa shape index (κ2) is 9.68. The Kier molecular flexibility index (Phi) is 6.54. The van der Waals surface area contributed by atoms with Crippen molar-refractivity contribution in [3.8, 4) is 0 Å². The number of carbonyl (C=O) groups is 2. The van der Waals surface area contributed by atoms with Crippen molar-refractivity contribution in [2.24, 2.45) is 0 Å². The molecule has 2 heterocycles. The summed E-state index contributed by atoms with van der Waals surface area (Å²) in [5.41, 5.74) is 2.42. The minimum atomic E-state index is -0.0859. The van der Waals surface area contributed by atoms with E-state index < -0.39 is 0 Å². The molecular weight excluding hydrogens is 390 g/mol. The van der Waals surface area contributed by atoms with Gasteiger partial charge in [-0.25, -0.2) is 4.98 Å². The van der Waals surface area contributed by atoms with Gasteiger partial charge in [0.1, 0.15) is 0 Å². The van der Waals surface area contributed by atoms with Crippen LogP contribution in [0.3, 0.4) is 0 Å². The van der Waals surface area contributed by atoms with E-state index in [1.54, 1.807) is 17.3 Å². The van der Waals surface area contributed by atoms with Gasteiger partial charge in [-0.2, -0.15) is 0 Å². The van der Waals surface area contributed by atoms with Crippen molar-refractivity contribution in [1.82, 2.24) is 19.8 Å². The highest BCUT2D eigenvalue weighted by atomic mass is 16.2. The Hall–Kier alpha value is -3.29. The molecule has 0 aliphatic carbocycles. The summed E-state index contributed by atoms with van der Waals surface area (Å²) >= 11 is 0. The van der Waals surface area contributed by atoms with Gasteiger partial charge in [0, 0.05) is 56.4 Å². The van der Waals surface area contributed by atoms with Crippen LogP contribution < -0.4 is 4.90 Å². The number of nitrogens with one attached hydrogen (secondary N) is 1. The molecule has 4 rings (SSSR count). The van der Waals surface area contributed by atoms with Gasteiger partial charge in [0.2, 0.25) is 11.7 Å². The van der Waals surface area contributed by atoms with Gasteiger partial charge in [0.25, 0.3) is 0 Å². The summed E-state index contributed by atoms with van der Waals surface area (Å²) in [5.74, 6) is 0.277. The summed E-state index contributed by atoms with van der Waals surface area (Å²) in [6, 6.07) is 17.3. The van der Waals surface area contributed by atoms with Crippen LogP contribution in [-0.4, -0.2) is 71.2 Å². The van der Waals surface area contributed by atoms with Gasteiger partial charge >= 0.3 is 0 Å². The molecule has 1 fully saturated rings. The van der Waals surface area contributed by atoms with Crippen molar-refractivity contribution >= 4 is 23.1 Å².